The van der Waals surface area contributed by atoms with Crippen LogP contribution < -0.4 is 5.32 Å². The van der Waals surface area contributed by atoms with E-state index in [1.807, 2.05) is 36.4 Å². The van der Waals surface area contributed by atoms with Gasteiger partial charge in [0, 0.05) is 18.4 Å². The number of H-pyrrole nitrogens is 1. The Labute approximate surface area is 205 Å². The monoisotopic (exact) mass is 498 g/mol. The summed E-state index contributed by atoms with van der Waals surface area (Å²) in [6.07, 6.45) is 0. The van der Waals surface area contributed by atoms with Gasteiger partial charge >= 0.3 is 0 Å². The quantitative estimate of drug-likeness (QED) is 0.312. The van der Waals surface area contributed by atoms with Gasteiger partial charge in [-0.25, -0.2) is 4.98 Å². The van der Waals surface area contributed by atoms with E-state index < -0.39 is 0 Å². The number of rotatable bonds is 7. The van der Waals surface area contributed by atoms with E-state index in [1.54, 1.807) is 49.1 Å². The van der Waals surface area contributed by atoms with Gasteiger partial charge in [0.15, 0.2) is 5.16 Å². The highest BCUT2D eigenvalue weighted by Crippen LogP contribution is 2.29. The van der Waals surface area contributed by atoms with Crippen LogP contribution in [0, 0.1) is 0 Å². The predicted molar refractivity (Wildman–Crippen MR) is 134 cm³/mol. The van der Waals surface area contributed by atoms with Crippen molar-refractivity contribution < 1.29 is 9.59 Å². The summed E-state index contributed by atoms with van der Waals surface area (Å²) in [5.41, 5.74) is 3.83. The number of para-hydroxylation sites is 3. The zero-order chi connectivity index (χ0) is 23.4. The summed E-state index contributed by atoms with van der Waals surface area (Å²) in [5.74, 6) is 0.0668. The second kappa shape index (κ2) is 10.3. The molecule has 0 aliphatic rings. The first-order valence-corrected chi connectivity index (χ1v) is 11.8. The van der Waals surface area contributed by atoms with Crippen molar-refractivity contribution in [2.75, 3.05) is 18.9 Å². The minimum Gasteiger partial charge on any atom is -0.333 e. The summed E-state index contributed by atoms with van der Waals surface area (Å²) in [6.45, 7) is -0.135. The summed E-state index contributed by atoms with van der Waals surface area (Å²) in [4.78, 5) is 34.3. The van der Waals surface area contributed by atoms with E-state index in [0.29, 0.717) is 27.0 Å². The van der Waals surface area contributed by atoms with Gasteiger partial charge in [-0.15, -0.1) is 0 Å². The number of thioether (sulfide) groups is 1. The van der Waals surface area contributed by atoms with Crippen molar-refractivity contribution in [3.8, 4) is 0 Å². The average molecular weight is 499 g/mol. The molecule has 2 N–H and O–H groups in total. The van der Waals surface area contributed by atoms with Crippen LogP contribution in [0.15, 0.2) is 71.9 Å². The van der Waals surface area contributed by atoms with Crippen molar-refractivity contribution in [2.24, 2.45) is 0 Å². The van der Waals surface area contributed by atoms with Crippen molar-refractivity contribution in [2.45, 2.75) is 10.9 Å². The molecule has 0 aliphatic carbocycles. The average Bonchev–Trinajstić information content (AvgIpc) is 3.23. The molecule has 0 fully saturated rings. The topological polar surface area (TPSA) is 78.1 Å². The van der Waals surface area contributed by atoms with Gasteiger partial charge in [-0.05, 0) is 42.0 Å². The molecule has 0 aliphatic heterocycles. The Kier molecular flexibility index (Phi) is 7.23. The highest BCUT2D eigenvalue weighted by atomic mass is 35.5. The number of carbonyl (C=O) groups excluding carboxylic acids is 2. The number of benzene rings is 3. The van der Waals surface area contributed by atoms with Crippen LogP contribution in [0.25, 0.3) is 11.0 Å². The zero-order valence-electron chi connectivity index (χ0n) is 17.6. The van der Waals surface area contributed by atoms with Crippen LogP contribution in [-0.4, -0.2) is 40.3 Å². The van der Waals surface area contributed by atoms with Gasteiger partial charge < -0.3 is 15.2 Å². The van der Waals surface area contributed by atoms with E-state index in [9.17, 15) is 9.59 Å². The number of aromatic nitrogens is 2. The van der Waals surface area contributed by atoms with E-state index in [-0.39, 0.29) is 18.4 Å². The van der Waals surface area contributed by atoms with Gasteiger partial charge in [0.05, 0.1) is 33.3 Å². The number of nitrogens with zero attached hydrogens (tertiary/aromatic N) is 2. The highest BCUT2D eigenvalue weighted by Gasteiger charge is 2.17. The molecule has 0 saturated carbocycles. The Morgan fingerprint density at radius 2 is 1.70 bits per heavy atom. The maximum absolute atomic E-state index is 12.7. The van der Waals surface area contributed by atoms with Crippen molar-refractivity contribution in [3.05, 3.63) is 87.9 Å². The number of halogens is 2. The molecule has 0 unspecified atom stereocenters. The van der Waals surface area contributed by atoms with Crippen LogP contribution >= 0.6 is 35.0 Å². The zero-order valence-corrected chi connectivity index (χ0v) is 20.0. The van der Waals surface area contributed by atoms with Crippen LogP contribution in [0.5, 0.6) is 0 Å². The van der Waals surface area contributed by atoms with Crippen molar-refractivity contribution in [1.82, 2.24) is 14.9 Å². The second-order valence-corrected chi connectivity index (χ2v) is 9.13. The Hall–Kier alpha value is -3.00. The molecule has 1 aromatic heterocycles. The molecular formula is C24H20Cl2N4O2S. The molecule has 6 nitrogen and oxygen atoms in total. The molecule has 4 rings (SSSR count). The molecule has 33 heavy (non-hydrogen) atoms. The minimum absolute atomic E-state index is 0.135. The van der Waals surface area contributed by atoms with Gasteiger partial charge in [-0.1, -0.05) is 65.3 Å². The molecule has 0 bridgehead atoms. The number of imidazole rings is 1. The standard InChI is InChI=1S/C24H20Cl2N4O2S/c1-30(13-21(31)29-22-17(25)5-4-6-18(22)26)23(32)16-11-9-15(10-12-16)14-33-24-27-19-7-2-3-8-20(19)28-24/h2-12H,13-14H2,1H3,(H,27,28)(H,29,31). The summed E-state index contributed by atoms with van der Waals surface area (Å²) in [5, 5.41) is 4.17. The molecule has 4 aromatic rings. The van der Waals surface area contributed by atoms with Gasteiger partial charge in [0.1, 0.15) is 0 Å². The van der Waals surface area contributed by atoms with Crippen LogP contribution in [0.1, 0.15) is 15.9 Å². The Balaban J connectivity index is 1.32. The number of hydrogen-bond acceptors (Lipinski definition) is 4. The molecule has 3 aromatic carbocycles. The first-order chi connectivity index (χ1) is 15.9. The Morgan fingerprint density at radius 1 is 1.00 bits per heavy atom. The van der Waals surface area contributed by atoms with Gasteiger partial charge in [0.25, 0.3) is 5.91 Å². The molecule has 1 heterocycles. The van der Waals surface area contributed by atoms with Crippen LogP contribution in [0.2, 0.25) is 10.0 Å². The summed E-state index contributed by atoms with van der Waals surface area (Å²) >= 11 is 13.8. The SMILES string of the molecule is CN(CC(=O)Nc1c(Cl)cccc1Cl)C(=O)c1ccc(CSc2nc3ccccc3[nH]2)cc1. The van der Waals surface area contributed by atoms with Crippen LogP contribution in [0.3, 0.4) is 0 Å². The largest absolute Gasteiger partial charge is 0.333 e. The van der Waals surface area contributed by atoms with Crippen molar-refractivity contribution >= 4 is 63.5 Å². The van der Waals surface area contributed by atoms with Gasteiger partial charge in [-0.2, -0.15) is 0 Å². The van der Waals surface area contributed by atoms with Gasteiger partial charge in [0.2, 0.25) is 5.91 Å². The number of likely N-dealkylation sites (N-methyl/N-ethyl adjacent to an activating group) is 1. The fraction of sp³-hybridized carbons (Fsp3) is 0.125. The fourth-order valence-electron chi connectivity index (χ4n) is 3.20. The van der Waals surface area contributed by atoms with Crippen LogP contribution in [-0.2, 0) is 10.5 Å². The lowest BCUT2D eigenvalue weighted by molar-refractivity contribution is -0.116. The molecule has 9 heteroatoms. The van der Waals surface area contributed by atoms with E-state index in [4.69, 9.17) is 23.2 Å². The molecule has 0 radical (unpaired) electrons. The molecule has 168 valence electrons. The van der Waals surface area contributed by atoms with E-state index in [2.05, 4.69) is 15.3 Å². The number of carbonyl (C=O) groups is 2. The highest BCUT2D eigenvalue weighted by molar-refractivity contribution is 7.98. The lowest BCUT2D eigenvalue weighted by atomic mass is 10.1. The van der Waals surface area contributed by atoms with Crippen molar-refractivity contribution in [3.63, 3.8) is 0 Å². The Morgan fingerprint density at radius 3 is 2.39 bits per heavy atom. The minimum atomic E-state index is -0.389. The third kappa shape index (κ3) is 5.68. The van der Waals surface area contributed by atoms with Crippen LogP contribution in [0.4, 0.5) is 5.69 Å². The smallest absolute Gasteiger partial charge is 0.254 e. The maximum atomic E-state index is 12.7. The number of aromatic amines is 1. The second-order valence-electron chi connectivity index (χ2n) is 7.35. The number of nitrogens with one attached hydrogen (secondary N) is 2. The number of anilines is 1. The lowest BCUT2D eigenvalue weighted by Gasteiger charge is -2.17. The van der Waals surface area contributed by atoms with E-state index >= 15 is 0 Å². The number of amides is 2. The first kappa shape index (κ1) is 23.2. The number of fused-ring (bicyclic) bond motifs is 1. The molecule has 2 amide bonds. The lowest BCUT2D eigenvalue weighted by Crippen LogP contribution is -2.35. The predicted octanol–water partition coefficient (Wildman–Crippen LogP) is 5.87. The number of hydrogen-bond donors (Lipinski definition) is 2. The molecule has 0 spiro atoms. The molecular weight excluding hydrogens is 479 g/mol. The third-order valence-electron chi connectivity index (χ3n) is 4.90. The molecule has 0 atom stereocenters. The fourth-order valence-corrected chi connectivity index (χ4v) is 4.53. The molecule has 0 saturated heterocycles. The van der Waals surface area contributed by atoms with E-state index in [0.717, 1.165) is 21.8 Å². The summed E-state index contributed by atoms with van der Waals surface area (Å²) in [6, 6.07) is 20.2. The first-order valence-electron chi connectivity index (χ1n) is 10.1. The van der Waals surface area contributed by atoms with Gasteiger partial charge in [-0.3, -0.25) is 9.59 Å². The van der Waals surface area contributed by atoms with Crippen molar-refractivity contribution in [1.29, 1.82) is 0 Å². The maximum Gasteiger partial charge on any atom is 0.254 e. The summed E-state index contributed by atoms with van der Waals surface area (Å²) < 4.78 is 0. The summed E-state index contributed by atoms with van der Waals surface area (Å²) in [7, 11) is 1.57. The van der Waals surface area contributed by atoms with E-state index in [1.165, 1.54) is 4.90 Å². The Bertz CT molecular complexity index is 1250. The third-order valence-corrected chi connectivity index (χ3v) is 6.47. The normalized spacial score (nSPS) is 10.9.